The van der Waals surface area contributed by atoms with Gasteiger partial charge in [0.1, 0.15) is 0 Å². The number of esters is 1. The molecular weight excluding hydrogens is 234 g/mol. The van der Waals surface area contributed by atoms with Crippen LogP contribution in [0.25, 0.3) is 0 Å². The molecule has 0 saturated carbocycles. The van der Waals surface area contributed by atoms with E-state index in [0.29, 0.717) is 5.56 Å². The van der Waals surface area contributed by atoms with Crippen LogP contribution in [0.4, 0.5) is 0 Å². The van der Waals surface area contributed by atoms with Crippen LogP contribution >= 0.6 is 0 Å². The largest absolute Gasteiger partial charge is 0.452 e. The van der Waals surface area contributed by atoms with Gasteiger partial charge < -0.3 is 4.74 Å². The number of rotatable bonds is 4. The van der Waals surface area contributed by atoms with Gasteiger partial charge in [-0.2, -0.15) is 0 Å². The van der Waals surface area contributed by atoms with E-state index >= 15 is 0 Å². The first-order valence-corrected chi connectivity index (χ1v) is 5.32. The highest BCUT2D eigenvalue weighted by Crippen LogP contribution is 1.97. The SMILES string of the molecule is C/C=C/C(=O)OCC(=O)NC(=O)c1ccccc1. The predicted molar refractivity (Wildman–Crippen MR) is 64.7 cm³/mol. The number of hydrogen-bond donors (Lipinski definition) is 1. The lowest BCUT2D eigenvalue weighted by Gasteiger charge is -2.04. The molecule has 0 aliphatic rings. The molecule has 94 valence electrons. The third-order valence-electron chi connectivity index (χ3n) is 1.94. The zero-order chi connectivity index (χ0) is 13.4. The first-order valence-electron chi connectivity index (χ1n) is 5.32. The van der Waals surface area contributed by atoms with E-state index in [1.165, 1.54) is 12.2 Å². The average Bonchev–Trinajstić information content (AvgIpc) is 2.38. The van der Waals surface area contributed by atoms with Gasteiger partial charge in [-0.3, -0.25) is 14.9 Å². The zero-order valence-electron chi connectivity index (χ0n) is 9.88. The Bertz CT molecular complexity index is 465. The Balaban J connectivity index is 2.41. The smallest absolute Gasteiger partial charge is 0.330 e. The maximum atomic E-state index is 11.5. The number of carbonyl (C=O) groups excluding carboxylic acids is 3. The van der Waals surface area contributed by atoms with Crippen molar-refractivity contribution >= 4 is 17.8 Å². The average molecular weight is 247 g/mol. The fourth-order valence-corrected chi connectivity index (χ4v) is 1.15. The fraction of sp³-hybridized carbons (Fsp3) is 0.154. The standard InChI is InChI=1S/C13H13NO4/c1-2-6-12(16)18-9-11(15)14-13(17)10-7-4-3-5-8-10/h2-8H,9H2,1H3,(H,14,15,17)/b6-2+. The maximum Gasteiger partial charge on any atom is 0.330 e. The summed E-state index contributed by atoms with van der Waals surface area (Å²) < 4.78 is 4.59. The van der Waals surface area contributed by atoms with Crippen LogP contribution < -0.4 is 5.32 Å². The Morgan fingerprint density at radius 2 is 1.89 bits per heavy atom. The number of carbonyl (C=O) groups is 3. The Hall–Kier alpha value is -2.43. The highest BCUT2D eigenvalue weighted by molar-refractivity contribution is 6.05. The lowest BCUT2D eigenvalue weighted by Crippen LogP contribution is -2.33. The first kappa shape index (κ1) is 13.6. The molecular formula is C13H13NO4. The molecule has 18 heavy (non-hydrogen) atoms. The summed E-state index contributed by atoms with van der Waals surface area (Å²) in [6.45, 7) is 1.17. The van der Waals surface area contributed by atoms with Crippen LogP contribution in [0.5, 0.6) is 0 Å². The number of nitrogens with one attached hydrogen (secondary N) is 1. The molecule has 0 aliphatic carbocycles. The molecule has 5 nitrogen and oxygen atoms in total. The molecule has 0 fully saturated rings. The van der Waals surface area contributed by atoms with Crippen LogP contribution in [-0.4, -0.2) is 24.4 Å². The molecule has 1 N–H and O–H groups in total. The van der Waals surface area contributed by atoms with Crippen molar-refractivity contribution in [1.29, 1.82) is 0 Å². The molecule has 0 aliphatic heterocycles. The van der Waals surface area contributed by atoms with E-state index in [-0.39, 0.29) is 0 Å². The molecule has 0 unspecified atom stereocenters. The van der Waals surface area contributed by atoms with E-state index in [2.05, 4.69) is 10.1 Å². The molecule has 1 rings (SSSR count). The predicted octanol–water partition coefficient (Wildman–Crippen LogP) is 1.06. The summed E-state index contributed by atoms with van der Waals surface area (Å²) in [5.74, 6) is -1.82. The number of benzene rings is 1. The second-order valence-electron chi connectivity index (χ2n) is 3.35. The van der Waals surface area contributed by atoms with Crippen LogP contribution in [0, 0.1) is 0 Å². The van der Waals surface area contributed by atoms with Gasteiger partial charge >= 0.3 is 5.97 Å². The second kappa shape index (κ2) is 7.01. The molecule has 0 saturated heterocycles. The van der Waals surface area contributed by atoms with Gasteiger partial charge in [-0.05, 0) is 19.1 Å². The number of amides is 2. The molecule has 5 heteroatoms. The van der Waals surface area contributed by atoms with Crippen molar-refractivity contribution in [3.63, 3.8) is 0 Å². The molecule has 1 aromatic rings. The van der Waals surface area contributed by atoms with Crippen LogP contribution in [-0.2, 0) is 14.3 Å². The Morgan fingerprint density at radius 1 is 1.22 bits per heavy atom. The van der Waals surface area contributed by atoms with Gasteiger partial charge in [0, 0.05) is 11.6 Å². The van der Waals surface area contributed by atoms with E-state index in [9.17, 15) is 14.4 Å². The molecule has 0 heterocycles. The molecule has 2 amide bonds. The molecule has 0 spiro atoms. The van der Waals surface area contributed by atoms with Gasteiger partial charge in [0.25, 0.3) is 11.8 Å². The molecule has 0 bridgehead atoms. The third-order valence-corrected chi connectivity index (χ3v) is 1.94. The summed E-state index contributed by atoms with van der Waals surface area (Å²) in [6.07, 6.45) is 2.68. The topological polar surface area (TPSA) is 72.5 Å². The van der Waals surface area contributed by atoms with Gasteiger partial charge in [0.2, 0.25) is 0 Å². The van der Waals surface area contributed by atoms with E-state index in [4.69, 9.17) is 0 Å². The van der Waals surface area contributed by atoms with E-state index in [0.717, 1.165) is 0 Å². The van der Waals surface area contributed by atoms with Crippen molar-refractivity contribution in [2.75, 3.05) is 6.61 Å². The summed E-state index contributed by atoms with van der Waals surface area (Å²) in [6, 6.07) is 8.29. The summed E-state index contributed by atoms with van der Waals surface area (Å²) in [5, 5.41) is 2.11. The third kappa shape index (κ3) is 4.61. The molecule has 1 aromatic carbocycles. The Morgan fingerprint density at radius 3 is 2.50 bits per heavy atom. The van der Waals surface area contributed by atoms with E-state index < -0.39 is 24.4 Å². The Labute approximate surface area is 104 Å². The van der Waals surface area contributed by atoms with Crippen molar-refractivity contribution in [3.8, 4) is 0 Å². The highest BCUT2D eigenvalue weighted by Gasteiger charge is 2.10. The zero-order valence-corrected chi connectivity index (χ0v) is 9.88. The number of ether oxygens (including phenoxy) is 1. The van der Waals surface area contributed by atoms with Crippen LogP contribution in [0.15, 0.2) is 42.5 Å². The minimum absolute atomic E-state index is 0.366. The lowest BCUT2D eigenvalue weighted by molar-refractivity contribution is -0.143. The summed E-state index contributed by atoms with van der Waals surface area (Å²) in [4.78, 5) is 33.8. The normalized spacial score (nSPS) is 10.1. The van der Waals surface area contributed by atoms with E-state index in [1.807, 2.05) is 0 Å². The van der Waals surface area contributed by atoms with Crippen molar-refractivity contribution in [2.45, 2.75) is 6.92 Å². The minimum Gasteiger partial charge on any atom is -0.452 e. The first-order chi connectivity index (χ1) is 8.63. The Kier molecular flexibility index (Phi) is 5.31. The minimum atomic E-state index is -0.665. The van der Waals surface area contributed by atoms with Crippen molar-refractivity contribution in [2.24, 2.45) is 0 Å². The summed E-state index contributed by atoms with van der Waals surface area (Å²) >= 11 is 0. The summed E-state index contributed by atoms with van der Waals surface area (Å²) in [5.41, 5.74) is 0.366. The fourth-order valence-electron chi connectivity index (χ4n) is 1.15. The van der Waals surface area contributed by atoms with Crippen molar-refractivity contribution in [3.05, 3.63) is 48.0 Å². The molecule has 0 aromatic heterocycles. The lowest BCUT2D eigenvalue weighted by atomic mass is 10.2. The van der Waals surface area contributed by atoms with Crippen LogP contribution in [0.1, 0.15) is 17.3 Å². The number of hydrogen-bond acceptors (Lipinski definition) is 4. The molecule has 0 radical (unpaired) electrons. The second-order valence-corrected chi connectivity index (χ2v) is 3.35. The summed E-state index contributed by atoms with van der Waals surface area (Å²) in [7, 11) is 0. The van der Waals surface area contributed by atoms with Crippen molar-refractivity contribution < 1.29 is 19.1 Å². The van der Waals surface area contributed by atoms with Gasteiger partial charge in [0.05, 0.1) is 0 Å². The maximum absolute atomic E-state index is 11.5. The number of allylic oxidation sites excluding steroid dienone is 1. The van der Waals surface area contributed by atoms with Crippen molar-refractivity contribution in [1.82, 2.24) is 5.32 Å². The number of imide groups is 1. The van der Waals surface area contributed by atoms with Crippen LogP contribution in [0.2, 0.25) is 0 Å². The quantitative estimate of drug-likeness (QED) is 0.638. The van der Waals surface area contributed by atoms with Gasteiger partial charge in [-0.25, -0.2) is 4.79 Å². The monoisotopic (exact) mass is 247 g/mol. The van der Waals surface area contributed by atoms with Gasteiger partial charge in [-0.15, -0.1) is 0 Å². The van der Waals surface area contributed by atoms with Gasteiger partial charge in [0.15, 0.2) is 6.61 Å². The van der Waals surface area contributed by atoms with E-state index in [1.54, 1.807) is 37.3 Å². The van der Waals surface area contributed by atoms with Gasteiger partial charge in [-0.1, -0.05) is 24.3 Å². The van der Waals surface area contributed by atoms with Crippen LogP contribution in [0.3, 0.4) is 0 Å². The molecule has 0 atom stereocenters. The highest BCUT2D eigenvalue weighted by atomic mass is 16.5.